The number of halogens is 3. The fourth-order valence-electron chi connectivity index (χ4n) is 1.46. The minimum absolute atomic E-state index is 0.108. The zero-order valence-corrected chi connectivity index (χ0v) is 6.06. The van der Waals surface area contributed by atoms with E-state index in [0.717, 1.165) is 0 Å². The van der Waals surface area contributed by atoms with Crippen molar-refractivity contribution >= 4 is 0 Å². The quantitative estimate of drug-likeness (QED) is 0.587. The van der Waals surface area contributed by atoms with Crippen LogP contribution in [0.5, 0.6) is 0 Å². The fraction of sp³-hybridized carbons (Fsp3) is 1.00. The smallest absolute Gasteiger partial charge is 0.391 e. The van der Waals surface area contributed by atoms with Gasteiger partial charge in [0.1, 0.15) is 0 Å². The van der Waals surface area contributed by atoms with Crippen molar-refractivity contribution in [2.24, 2.45) is 5.92 Å². The molecule has 0 radical (unpaired) electrons. The maximum absolute atomic E-state index is 12.0. The topological polar surface area (TPSA) is 20.2 Å². The molecule has 1 fully saturated rings. The lowest BCUT2D eigenvalue weighted by Crippen LogP contribution is -2.30. The second-order valence-corrected chi connectivity index (χ2v) is 3.06. The molecular weight excluding hydrogens is 157 g/mol. The van der Waals surface area contributed by atoms with Crippen molar-refractivity contribution in [3.63, 3.8) is 0 Å². The van der Waals surface area contributed by atoms with Crippen LogP contribution in [0.1, 0.15) is 25.7 Å². The van der Waals surface area contributed by atoms with Crippen LogP contribution in [0.2, 0.25) is 0 Å². The van der Waals surface area contributed by atoms with E-state index in [2.05, 4.69) is 0 Å². The molecule has 1 rings (SSSR count). The Morgan fingerprint density at radius 3 is 2.18 bits per heavy atom. The maximum atomic E-state index is 12.0. The predicted octanol–water partition coefficient (Wildman–Crippen LogP) is 2.10. The summed E-state index contributed by atoms with van der Waals surface area (Å²) in [6.07, 6.45) is -3.76. The Hall–Kier alpha value is -0.250. The summed E-state index contributed by atoms with van der Waals surface area (Å²) in [5, 5.41) is 8.94. The molecule has 4 heteroatoms. The summed E-state index contributed by atoms with van der Waals surface area (Å²) in [5.74, 6) is -1.27. The summed E-state index contributed by atoms with van der Waals surface area (Å²) in [4.78, 5) is 0. The minimum atomic E-state index is -4.11. The van der Waals surface area contributed by atoms with Gasteiger partial charge in [-0.2, -0.15) is 13.2 Å². The highest BCUT2D eigenvalue weighted by molar-refractivity contribution is 4.76. The van der Waals surface area contributed by atoms with Gasteiger partial charge in [0, 0.05) is 0 Å². The first-order valence-corrected chi connectivity index (χ1v) is 3.75. The Balaban J connectivity index is 2.46. The van der Waals surface area contributed by atoms with Crippen LogP contribution >= 0.6 is 0 Å². The number of hydrogen-bond acceptors (Lipinski definition) is 1. The summed E-state index contributed by atoms with van der Waals surface area (Å²) in [6.45, 7) is 0. The van der Waals surface area contributed by atoms with Gasteiger partial charge in [-0.3, -0.25) is 0 Å². The second kappa shape index (κ2) is 3.01. The molecule has 0 aliphatic heterocycles. The third kappa shape index (κ3) is 2.36. The Labute approximate surface area is 63.2 Å². The molecule has 0 aromatic carbocycles. The molecule has 1 unspecified atom stereocenters. The minimum Gasteiger partial charge on any atom is -0.393 e. The monoisotopic (exact) mass is 168 g/mol. The second-order valence-electron chi connectivity index (χ2n) is 3.06. The van der Waals surface area contributed by atoms with Gasteiger partial charge in [0.25, 0.3) is 0 Å². The first kappa shape index (κ1) is 8.84. The highest BCUT2D eigenvalue weighted by Gasteiger charge is 2.41. The van der Waals surface area contributed by atoms with E-state index in [-0.39, 0.29) is 12.8 Å². The SMILES string of the molecule is O[C@@H]1CCCC(C(F)(F)F)C1. The summed E-state index contributed by atoms with van der Waals surface area (Å²) in [6, 6.07) is 0. The summed E-state index contributed by atoms with van der Waals surface area (Å²) in [7, 11) is 0. The Morgan fingerprint density at radius 1 is 1.18 bits per heavy atom. The fourth-order valence-corrected chi connectivity index (χ4v) is 1.46. The van der Waals surface area contributed by atoms with Crippen molar-refractivity contribution in [2.75, 3.05) is 0 Å². The van der Waals surface area contributed by atoms with Gasteiger partial charge in [0.05, 0.1) is 12.0 Å². The first-order valence-electron chi connectivity index (χ1n) is 3.75. The number of aliphatic hydroxyl groups excluding tert-OH is 1. The maximum Gasteiger partial charge on any atom is 0.391 e. The normalized spacial score (nSPS) is 33.8. The molecule has 0 heterocycles. The number of aliphatic hydroxyl groups is 1. The van der Waals surface area contributed by atoms with Gasteiger partial charge in [0.2, 0.25) is 0 Å². The third-order valence-corrected chi connectivity index (χ3v) is 2.11. The lowest BCUT2D eigenvalue weighted by atomic mass is 9.87. The molecule has 0 aromatic rings. The van der Waals surface area contributed by atoms with Crippen LogP contribution in [0.15, 0.2) is 0 Å². The van der Waals surface area contributed by atoms with Crippen molar-refractivity contribution in [3.8, 4) is 0 Å². The van der Waals surface area contributed by atoms with E-state index in [4.69, 9.17) is 5.11 Å². The van der Waals surface area contributed by atoms with E-state index in [9.17, 15) is 13.2 Å². The van der Waals surface area contributed by atoms with Crippen LogP contribution in [-0.2, 0) is 0 Å². The standard InChI is InChI=1S/C7H11F3O/c8-7(9,10)5-2-1-3-6(11)4-5/h5-6,11H,1-4H2/t5?,6-/m1/s1. The van der Waals surface area contributed by atoms with E-state index in [1.165, 1.54) is 0 Å². The highest BCUT2D eigenvalue weighted by Crippen LogP contribution is 2.37. The van der Waals surface area contributed by atoms with Crippen molar-refractivity contribution in [2.45, 2.75) is 38.0 Å². The van der Waals surface area contributed by atoms with Gasteiger partial charge in [-0.25, -0.2) is 0 Å². The molecule has 1 aliphatic carbocycles. The lowest BCUT2D eigenvalue weighted by molar-refractivity contribution is -0.189. The zero-order valence-electron chi connectivity index (χ0n) is 6.06. The van der Waals surface area contributed by atoms with Crippen molar-refractivity contribution in [3.05, 3.63) is 0 Å². The molecule has 2 atom stereocenters. The molecule has 0 saturated heterocycles. The van der Waals surface area contributed by atoms with Crippen LogP contribution in [0, 0.1) is 5.92 Å². The molecule has 1 saturated carbocycles. The Kier molecular flexibility index (Phi) is 2.42. The van der Waals surface area contributed by atoms with E-state index in [1.54, 1.807) is 0 Å². The molecule has 0 spiro atoms. The van der Waals surface area contributed by atoms with Gasteiger partial charge in [-0.1, -0.05) is 6.42 Å². The molecule has 0 amide bonds. The van der Waals surface area contributed by atoms with Crippen LogP contribution < -0.4 is 0 Å². The van der Waals surface area contributed by atoms with Gasteiger partial charge >= 0.3 is 6.18 Å². The van der Waals surface area contributed by atoms with E-state index < -0.39 is 18.2 Å². The van der Waals surface area contributed by atoms with Crippen LogP contribution in [0.4, 0.5) is 13.2 Å². The average molecular weight is 168 g/mol. The number of alkyl halides is 3. The van der Waals surface area contributed by atoms with Crippen LogP contribution in [0.25, 0.3) is 0 Å². The van der Waals surface area contributed by atoms with Gasteiger partial charge in [-0.15, -0.1) is 0 Å². The molecular formula is C7H11F3O. The van der Waals surface area contributed by atoms with E-state index >= 15 is 0 Å². The molecule has 66 valence electrons. The third-order valence-electron chi connectivity index (χ3n) is 2.11. The lowest BCUT2D eigenvalue weighted by Gasteiger charge is -2.27. The van der Waals surface area contributed by atoms with Crippen LogP contribution in [0.3, 0.4) is 0 Å². The molecule has 11 heavy (non-hydrogen) atoms. The van der Waals surface area contributed by atoms with Crippen LogP contribution in [-0.4, -0.2) is 17.4 Å². The molecule has 0 aromatic heterocycles. The summed E-state index contributed by atoms with van der Waals surface area (Å²) < 4.78 is 36.0. The number of rotatable bonds is 0. The largest absolute Gasteiger partial charge is 0.393 e. The number of hydrogen-bond donors (Lipinski definition) is 1. The van der Waals surface area contributed by atoms with Gasteiger partial charge in [-0.05, 0) is 19.3 Å². The van der Waals surface area contributed by atoms with E-state index in [1.807, 2.05) is 0 Å². The predicted molar refractivity (Wildman–Crippen MR) is 34.0 cm³/mol. The zero-order chi connectivity index (χ0) is 8.48. The van der Waals surface area contributed by atoms with Crippen molar-refractivity contribution in [1.82, 2.24) is 0 Å². The Morgan fingerprint density at radius 2 is 1.82 bits per heavy atom. The Bertz CT molecular complexity index is 132. The molecule has 1 nitrogen and oxygen atoms in total. The first-order chi connectivity index (χ1) is 5.00. The summed E-state index contributed by atoms with van der Waals surface area (Å²) >= 11 is 0. The molecule has 1 N–H and O–H groups in total. The average Bonchev–Trinajstić information content (AvgIpc) is 1.86. The molecule has 0 bridgehead atoms. The van der Waals surface area contributed by atoms with E-state index in [0.29, 0.717) is 12.8 Å². The van der Waals surface area contributed by atoms with Gasteiger partial charge < -0.3 is 5.11 Å². The highest BCUT2D eigenvalue weighted by atomic mass is 19.4. The summed E-state index contributed by atoms with van der Waals surface area (Å²) in [5.41, 5.74) is 0. The van der Waals surface area contributed by atoms with Crippen molar-refractivity contribution < 1.29 is 18.3 Å². The molecule has 1 aliphatic rings. The van der Waals surface area contributed by atoms with Crippen molar-refractivity contribution in [1.29, 1.82) is 0 Å². The van der Waals surface area contributed by atoms with Gasteiger partial charge in [0.15, 0.2) is 0 Å².